The number of fused-ring (bicyclic) bond motifs is 4. The normalized spacial score (nSPS) is 14.3. The van der Waals surface area contributed by atoms with Crippen molar-refractivity contribution < 1.29 is 0 Å². The molecule has 260 valence electrons. The smallest absolute Gasteiger partial charge is 0.0465 e. The van der Waals surface area contributed by atoms with Gasteiger partial charge in [-0.2, -0.15) is 0 Å². The lowest BCUT2D eigenvalue weighted by atomic mass is 9.73. The summed E-state index contributed by atoms with van der Waals surface area (Å²) in [6.45, 7) is 2.41. The summed E-state index contributed by atoms with van der Waals surface area (Å²) in [5.74, 6) is 0. The quantitative estimate of drug-likeness (QED) is 0.160. The largest absolute Gasteiger partial charge is 0.310 e. The molecular formula is C54H39N. The van der Waals surface area contributed by atoms with E-state index in [2.05, 4.69) is 230 Å². The number of rotatable bonds is 7. The highest BCUT2D eigenvalue weighted by atomic mass is 15.1. The van der Waals surface area contributed by atoms with Gasteiger partial charge >= 0.3 is 0 Å². The molecule has 0 spiro atoms. The van der Waals surface area contributed by atoms with Gasteiger partial charge in [-0.1, -0.05) is 176 Å². The number of anilines is 3. The molecule has 1 aliphatic rings. The Morgan fingerprint density at radius 1 is 0.327 bits per heavy atom. The molecule has 1 atom stereocenters. The molecule has 9 aromatic carbocycles. The van der Waals surface area contributed by atoms with Crippen molar-refractivity contribution in [3.05, 3.63) is 235 Å². The number of nitrogens with zero attached hydrogens (tertiary/aromatic N) is 1. The predicted molar refractivity (Wildman–Crippen MR) is 232 cm³/mol. The first-order valence-electron chi connectivity index (χ1n) is 19.1. The van der Waals surface area contributed by atoms with Gasteiger partial charge in [0.2, 0.25) is 0 Å². The van der Waals surface area contributed by atoms with Crippen LogP contribution in [0.1, 0.15) is 23.6 Å². The fourth-order valence-electron chi connectivity index (χ4n) is 8.70. The van der Waals surface area contributed by atoms with Gasteiger partial charge in [-0.3, -0.25) is 0 Å². The minimum atomic E-state index is -0.353. The molecule has 0 heterocycles. The maximum absolute atomic E-state index is 2.44. The van der Waals surface area contributed by atoms with E-state index in [4.69, 9.17) is 0 Å². The van der Waals surface area contributed by atoms with Gasteiger partial charge < -0.3 is 4.90 Å². The fraction of sp³-hybridized carbons (Fsp3) is 0.0370. The van der Waals surface area contributed by atoms with E-state index in [1.54, 1.807) is 0 Å². The van der Waals surface area contributed by atoms with Crippen LogP contribution in [0.5, 0.6) is 0 Å². The summed E-state index contributed by atoms with van der Waals surface area (Å²) in [4.78, 5) is 2.41. The molecule has 0 saturated carbocycles. The van der Waals surface area contributed by atoms with Crippen molar-refractivity contribution in [2.24, 2.45) is 0 Å². The van der Waals surface area contributed by atoms with Gasteiger partial charge in [0.1, 0.15) is 0 Å². The Morgan fingerprint density at radius 3 is 1.47 bits per heavy atom. The second-order valence-electron chi connectivity index (χ2n) is 14.7. The maximum atomic E-state index is 2.44. The first kappa shape index (κ1) is 32.7. The van der Waals surface area contributed by atoms with Crippen molar-refractivity contribution in [1.82, 2.24) is 0 Å². The predicted octanol–water partition coefficient (Wildman–Crippen LogP) is 14.6. The van der Waals surface area contributed by atoms with Gasteiger partial charge in [0.05, 0.1) is 0 Å². The highest BCUT2D eigenvalue weighted by Gasteiger charge is 2.41. The van der Waals surface area contributed by atoms with Gasteiger partial charge in [0, 0.05) is 22.5 Å². The van der Waals surface area contributed by atoms with Crippen molar-refractivity contribution in [2.75, 3.05) is 4.90 Å². The summed E-state index contributed by atoms with van der Waals surface area (Å²) in [7, 11) is 0. The highest BCUT2D eigenvalue weighted by Crippen LogP contribution is 2.54. The lowest BCUT2D eigenvalue weighted by Gasteiger charge is -2.31. The molecule has 0 bridgehead atoms. The Balaban J connectivity index is 1.13. The fourth-order valence-corrected chi connectivity index (χ4v) is 8.70. The van der Waals surface area contributed by atoms with Gasteiger partial charge in [0.15, 0.2) is 0 Å². The average Bonchev–Trinajstić information content (AvgIpc) is 3.52. The van der Waals surface area contributed by atoms with Gasteiger partial charge in [-0.25, -0.2) is 0 Å². The molecular weight excluding hydrogens is 663 g/mol. The van der Waals surface area contributed by atoms with Crippen molar-refractivity contribution >= 4 is 27.8 Å². The van der Waals surface area contributed by atoms with E-state index in [0.717, 1.165) is 17.1 Å². The summed E-state index contributed by atoms with van der Waals surface area (Å²) >= 11 is 0. The summed E-state index contributed by atoms with van der Waals surface area (Å²) < 4.78 is 0. The zero-order valence-corrected chi connectivity index (χ0v) is 30.7. The minimum absolute atomic E-state index is 0.353. The Morgan fingerprint density at radius 2 is 0.800 bits per heavy atom. The second-order valence-corrected chi connectivity index (χ2v) is 14.7. The van der Waals surface area contributed by atoms with E-state index in [-0.39, 0.29) is 5.41 Å². The van der Waals surface area contributed by atoms with Gasteiger partial charge in [-0.15, -0.1) is 0 Å². The average molecular weight is 702 g/mol. The van der Waals surface area contributed by atoms with E-state index in [1.807, 2.05) is 0 Å². The zero-order valence-electron chi connectivity index (χ0n) is 30.7. The topological polar surface area (TPSA) is 3.24 Å². The number of hydrogen-bond donors (Lipinski definition) is 0. The molecule has 55 heavy (non-hydrogen) atoms. The van der Waals surface area contributed by atoms with Crippen molar-refractivity contribution in [1.29, 1.82) is 0 Å². The summed E-state index contributed by atoms with van der Waals surface area (Å²) in [6, 6.07) is 79.7. The third-order valence-electron chi connectivity index (χ3n) is 11.6. The van der Waals surface area contributed by atoms with Crippen molar-refractivity contribution in [3.8, 4) is 44.5 Å². The van der Waals surface area contributed by atoms with Crippen LogP contribution in [0.3, 0.4) is 0 Å². The highest BCUT2D eigenvalue weighted by molar-refractivity contribution is 5.97. The molecule has 10 rings (SSSR count). The Bertz CT molecular complexity index is 2780. The van der Waals surface area contributed by atoms with Crippen LogP contribution in [0.2, 0.25) is 0 Å². The lowest BCUT2D eigenvalue weighted by molar-refractivity contribution is 0.714. The van der Waals surface area contributed by atoms with Crippen LogP contribution < -0.4 is 4.90 Å². The van der Waals surface area contributed by atoms with Crippen LogP contribution in [0.15, 0.2) is 218 Å². The molecule has 0 saturated heterocycles. The molecule has 0 N–H and O–H groups in total. The third kappa shape index (κ3) is 5.64. The summed E-state index contributed by atoms with van der Waals surface area (Å²) in [5.41, 5.74) is 16.8. The second kappa shape index (κ2) is 13.5. The van der Waals surface area contributed by atoms with E-state index in [1.165, 1.54) is 72.0 Å². The van der Waals surface area contributed by atoms with Gasteiger partial charge in [0.25, 0.3) is 0 Å². The lowest BCUT2D eigenvalue weighted by Crippen LogP contribution is -2.23. The molecule has 0 radical (unpaired) electrons. The van der Waals surface area contributed by atoms with Crippen LogP contribution in [-0.2, 0) is 5.41 Å². The summed E-state index contributed by atoms with van der Waals surface area (Å²) in [5, 5.41) is 2.51. The molecule has 0 aromatic heterocycles. The molecule has 0 aliphatic heterocycles. The molecule has 1 heteroatoms. The zero-order chi connectivity index (χ0) is 36.8. The van der Waals surface area contributed by atoms with E-state index in [0.29, 0.717) is 0 Å². The number of hydrogen-bond acceptors (Lipinski definition) is 1. The van der Waals surface area contributed by atoms with Crippen LogP contribution >= 0.6 is 0 Å². The van der Waals surface area contributed by atoms with Crippen molar-refractivity contribution in [2.45, 2.75) is 12.3 Å². The SMILES string of the molecule is CC1(c2ccccc2)c2cc(-c3ccccc3)ccc2-c2ccc(N(c3ccc(-c4ccccc4)cc3)c3ccc(-c4cccc5ccccc45)cc3)cc21. The molecule has 9 aromatic rings. The maximum Gasteiger partial charge on any atom is 0.0465 e. The first-order valence-corrected chi connectivity index (χ1v) is 19.1. The molecule has 0 fully saturated rings. The van der Waals surface area contributed by atoms with E-state index in [9.17, 15) is 0 Å². The molecule has 0 amide bonds. The Hall–Kier alpha value is -6.96. The monoisotopic (exact) mass is 701 g/mol. The van der Waals surface area contributed by atoms with E-state index < -0.39 is 0 Å². The van der Waals surface area contributed by atoms with Crippen LogP contribution in [0, 0.1) is 0 Å². The standard InChI is InChI=1S/C54H39N/c1-54(44-20-9-4-10-21-44)52-36-43(39-16-7-3-8-17-39)28-34-50(52)51-35-33-47(37-53(51)54)55(45-29-24-40(25-30-45)38-14-5-2-6-15-38)46-31-26-42(27-32-46)49-23-13-19-41-18-11-12-22-48(41)49/h2-37H,1H3. The Labute approximate surface area is 323 Å². The number of benzene rings is 9. The first-order chi connectivity index (χ1) is 27.1. The minimum Gasteiger partial charge on any atom is -0.310 e. The summed E-state index contributed by atoms with van der Waals surface area (Å²) in [6.07, 6.45) is 0. The van der Waals surface area contributed by atoms with Crippen LogP contribution in [0.25, 0.3) is 55.3 Å². The molecule has 1 aliphatic carbocycles. The Kier molecular flexibility index (Phi) is 8.00. The van der Waals surface area contributed by atoms with Gasteiger partial charge in [-0.05, 0) is 121 Å². The molecule has 1 nitrogen and oxygen atoms in total. The van der Waals surface area contributed by atoms with Crippen molar-refractivity contribution in [3.63, 3.8) is 0 Å². The van der Waals surface area contributed by atoms with E-state index >= 15 is 0 Å². The van der Waals surface area contributed by atoms with Crippen LogP contribution in [-0.4, -0.2) is 0 Å². The molecule has 1 unspecified atom stereocenters. The van der Waals surface area contributed by atoms with Crippen LogP contribution in [0.4, 0.5) is 17.1 Å². The third-order valence-corrected chi connectivity index (χ3v) is 11.6.